The van der Waals surface area contributed by atoms with E-state index in [0.717, 1.165) is 21.2 Å². The van der Waals surface area contributed by atoms with Gasteiger partial charge in [0, 0.05) is 20.6 Å². The molecule has 0 spiro atoms. The smallest absolute Gasteiger partial charge is 0.207 e. The Morgan fingerprint density at radius 1 is 1.00 bits per heavy atom. The van der Waals surface area contributed by atoms with Gasteiger partial charge in [-0.3, -0.25) is 0 Å². The molecule has 0 amide bonds. The maximum absolute atomic E-state index is 11.5. The van der Waals surface area contributed by atoms with Crippen LogP contribution in [0.3, 0.4) is 0 Å². The zero-order chi connectivity index (χ0) is 14.7. The fourth-order valence-electron chi connectivity index (χ4n) is 2.84. The Morgan fingerprint density at radius 3 is 2.15 bits per heavy atom. The van der Waals surface area contributed by atoms with Crippen molar-refractivity contribution in [2.75, 3.05) is 0 Å². The third-order valence-corrected chi connectivity index (χ3v) is 5.74. The Hall–Kier alpha value is -0.840. The van der Waals surface area contributed by atoms with Gasteiger partial charge >= 0.3 is 0 Å². The van der Waals surface area contributed by atoms with Crippen LogP contribution in [0.2, 0.25) is 0 Å². The van der Waals surface area contributed by atoms with E-state index in [0.29, 0.717) is 0 Å². The summed E-state index contributed by atoms with van der Waals surface area (Å²) in [6, 6.07) is 11.2. The van der Waals surface area contributed by atoms with Gasteiger partial charge in [-0.05, 0) is 46.5 Å². The molecule has 0 N–H and O–H groups in total. The maximum Gasteiger partial charge on any atom is 0.261 e. The Labute approximate surface area is 131 Å². The molecule has 0 bridgehead atoms. The third-order valence-electron chi connectivity index (χ3n) is 3.89. The monoisotopic (exact) mass is 370 g/mol. The molecule has 0 aliphatic heterocycles. The van der Waals surface area contributed by atoms with Gasteiger partial charge in [-0.25, -0.2) is 8.42 Å². The van der Waals surface area contributed by atoms with Crippen LogP contribution in [0.4, 0.5) is 0 Å². The van der Waals surface area contributed by atoms with E-state index in [1.807, 2.05) is 12.1 Å². The van der Waals surface area contributed by atoms with E-state index in [-0.39, 0.29) is 10.3 Å². The highest BCUT2D eigenvalue weighted by Crippen LogP contribution is 2.49. The number of benzene rings is 2. The first-order valence-corrected chi connectivity index (χ1v) is 9.21. The van der Waals surface area contributed by atoms with Crippen molar-refractivity contribution in [3.8, 4) is 11.1 Å². The lowest BCUT2D eigenvalue weighted by Gasteiger charge is -2.21. The molecule has 0 heterocycles. The number of halogens is 2. The van der Waals surface area contributed by atoms with E-state index in [1.54, 1.807) is 12.1 Å². The average molecular weight is 372 g/mol. The van der Waals surface area contributed by atoms with Gasteiger partial charge in [-0.2, -0.15) is 0 Å². The highest BCUT2D eigenvalue weighted by atomic mass is 79.9. The number of fused-ring (bicyclic) bond motifs is 3. The summed E-state index contributed by atoms with van der Waals surface area (Å²) in [5.74, 6) is 0. The Bertz CT molecular complexity index is 826. The molecular weight excluding hydrogens is 360 g/mol. The lowest BCUT2D eigenvalue weighted by Crippen LogP contribution is -2.15. The topological polar surface area (TPSA) is 34.1 Å². The van der Waals surface area contributed by atoms with Crippen LogP contribution < -0.4 is 0 Å². The van der Waals surface area contributed by atoms with Crippen molar-refractivity contribution in [1.29, 1.82) is 0 Å². The van der Waals surface area contributed by atoms with Crippen molar-refractivity contribution in [1.82, 2.24) is 0 Å². The summed E-state index contributed by atoms with van der Waals surface area (Å²) in [6.07, 6.45) is 0. The molecule has 0 fully saturated rings. The van der Waals surface area contributed by atoms with E-state index < -0.39 is 9.05 Å². The molecule has 2 aromatic carbocycles. The molecule has 0 radical (unpaired) electrons. The van der Waals surface area contributed by atoms with Crippen LogP contribution in [0, 0.1) is 0 Å². The number of hydrogen-bond acceptors (Lipinski definition) is 2. The van der Waals surface area contributed by atoms with Gasteiger partial charge in [-0.1, -0.05) is 41.9 Å². The molecule has 0 saturated carbocycles. The van der Waals surface area contributed by atoms with Crippen LogP contribution >= 0.6 is 26.6 Å². The number of rotatable bonds is 1. The van der Waals surface area contributed by atoms with Crippen LogP contribution in [0.5, 0.6) is 0 Å². The zero-order valence-corrected chi connectivity index (χ0v) is 14.1. The molecule has 3 rings (SSSR count). The zero-order valence-electron chi connectivity index (χ0n) is 10.9. The maximum atomic E-state index is 11.5. The minimum Gasteiger partial charge on any atom is -0.207 e. The fourth-order valence-corrected chi connectivity index (χ4v) is 3.98. The average Bonchev–Trinajstić information content (AvgIpc) is 2.57. The second-order valence-corrected chi connectivity index (χ2v) is 8.94. The molecule has 20 heavy (non-hydrogen) atoms. The first kappa shape index (κ1) is 14.1. The quantitative estimate of drug-likeness (QED) is 0.682. The third kappa shape index (κ3) is 2.01. The largest absolute Gasteiger partial charge is 0.261 e. The van der Waals surface area contributed by atoms with Gasteiger partial charge in [0.05, 0.1) is 4.90 Å². The van der Waals surface area contributed by atoms with E-state index >= 15 is 0 Å². The lowest BCUT2D eigenvalue weighted by molar-refractivity contribution is 0.608. The summed E-state index contributed by atoms with van der Waals surface area (Å²) in [5, 5.41) is 0. The highest BCUT2D eigenvalue weighted by Gasteiger charge is 2.36. The Balaban J connectivity index is 2.32. The number of hydrogen-bond donors (Lipinski definition) is 0. The summed E-state index contributed by atoms with van der Waals surface area (Å²) >= 11 is 3.49. The minimum atomic E-state index is -3.71. The van der Waals surface area contributed by atoms with Crippen LogP contribution in [-0.2, 0) is 14.5 Å². The van der Waals surface area contributed by atoms with Crippen LogP contribution in [0.1, 0.15) is 25.0 Å². The molecule has 1 aliphatic carbocycles. The van der Waals surface area contributed by atoms with Gasteiger partial charge in [0.2, 0.25) is 0 Å². The second-order valence-electron chi connectivity index (χ2n) is 5.46. The van der Waals surface area contributed by atoms with Crippen molar-refractivity contribution in [2.24, 2.45) is 0 Å². The molecule has 5 heteroatoms. The van der Waals surface area contributed by atoms with Gasteiger partial charge in [0.1, 0.15) is 0 Å². The summed E-state index contributed by atoms with van der Waals surface area (Å²) in [7, 11) is 1.75. The van der Waals surface area contributed by atoms with Crippen molar-refractivity contribution in [3.05, 3.63) is 52.0 Å². The summed E-state index contributed by atoms with van der Waals surface area (Å²) in [5.41, 5.74) is 4.15. The molecule has 2 nitrogen and oxygen atoms in total. The molecule has 0 aromatic heterocycles. The van der Waals surface area contributed by atoms with Crippen molar-refractivity contribution >= 4 is 35.7 Å². The van der Waals surface area contributed by atoms with Crippen molar-refractivity contribution in [3.63, 3.8) is 0 Å². The van der Waals surface area contributed by atoms with E-state index in [2.05, 4.69) is 41.9 Å². The molecular formula is C15H12BrClO2S. The molecule has 0 atom stereocenters. The molecule has 2 aromatic rings. The summed E-state index contributed by atoms with van der Waals surface area (Å²) in [4.78, 5) is 0.151. The standard InChI is InChI=1S/C15H12BrClO2S/c1-15(2)13-7-9(16)3-5-11(13)12-6-4-10(8-14(12)15)20(17,18)19/h3-8H,1-2H3. The highest BCUT2D eigenvalue weighted by molar-refractivity contribution is 9.10. The van der Waals surface area contributed by atoms with E-state index in [9.17, 15) is 8.42 Å². The molecule has 0 unspecified atom stereocenters. The van der Waals surface area contributed by atoms with Crippen LogP contribution in [-0.4, -0.2) is 8.42 Å². The summed E-state index contributed by atoms with van der Waals surface area (Å²) < 4.78 is 24.1. The van der Waals surface area contributed by atoms with Crippen molar-refractivity contribution < 1.29 is 8.42 Å². The first-order chi connectivity index (χ1) is 9.21. The SMILES string of the molecule is CC1(C)c2cc(Br)ccc2-c2ccc(S(=O)(=O)Cl)cc21. The predicted octanol–water partition coefficient (Wildman–Crippen LogP) is 4.68. The van der Waals surface area contributed by atoms with Crippen LogP contribution in [0.15, 0.2) is 45.8 Å². The molecule has 0 saturated heterocycles. The fraction of sp³-hybridized carbons (Fsp3) is 0.200. The van der Waals surface area contributed by atoms with Gasteiger partial charge < -0.3 is 0 Å². The lowest BCUT2D eigenvalue weighted by atomic mass is 9.82. The van der Waals surface area contributed by atoms with Crippen LogP contribution in [0.25, 0.3) is 11.1 Å². The molecule has 104 valence electrons. The molecule has 1 aliphatic rings. The second kappa shape index (κ2) is 4.33. The first-order valence-electron chi connectivity index (χ1n) is 6.11. The van der Waals surface area contributed by atoms with E-state index in [1.165, 1.54) is 5.56 Å². The Morgan fingerprint density at radius 2 is 1.55 bits per heavy atom. The normalized spacial score (nSPS) is 15.8. The van der Waals surface area contributed by atoms with Crippen molar-refractivity contribution in [2.45, 2.75) is 24.2 Å². The summed E-state index contributed by atoms with van der Waals surface area (Å²) in [6.45, 7) is 4.18. The van der Waals surface area contributed by atoms with E-state index in [4.69, 9.17) is 10.7 Å². The van der Waals surface area contributed by atoms with Gasteiger partial charge in [0.25, 0.3) is 9.05 Å². The predicted molar refractivity (Wildman–Crippen MR) is 84.7 cm³/mol. The van der Waals surface area contributed by atoms with Gasteiger partial charge in [-0.15, -0.1) is 0 Å². The van der Waals surface area contributed by atoms with Gasteiger partial charge in [0.15, 0.2) is 0 Å². The minimum absolute atomic E-state index is 0.151. The Kier molecular flexibility index (Phi) is 3.05.